The second-order valence-electron chi connectivity index (χ2n) is 11.4. The number of hydrogen-bond donors (Lipinski definition) is 0. The molecule has 0 heterocycles. The van der Waals surface area contributed by atoms with E-state index in [1.165, 1.54) is 94.6 Å². The molecule has 0 radical (unpaired) electrons. The zero-order valence-corrected chi connectivity index (χ0v) is 30.1. The van der Waals surface area contributed by atoms with Gasteiger partial charge in [0.15, 0.2) is 0 Å². The van der Waals surface area contributed by atoms with Crippen LogP contribution in [0.1, 0.15) is 154 Å². The zero-order chi connectivity index (χ0) is 31.5. The van der Waals surface area contributed by atoms with Gasteiger partial charge in [-0.3, -0.25) is 0 Å². The van der Waals surface area contributed by atoms with Crippen molar-refractivity contribution in [3.05, 3.63) is 87.5 Å². The average Bonchev–Trinajstić information content (AvgIpc) is 3.03. The fraction of sp³-hybridized carbons (Fsp3) is 0.600. The molecule has 0 bridgehead atoms. The van der Waals surface area contributed by atoms with Crippen LogP contribution >= 0.6 is 0 Å². The van der Waals surface area contributed by atoms with E-state index < -0.39 is 0 Å². The van der Waals surface area contributed by atoms with Crippen LogP contribution in [0.15, 0.2) is 59.7 Å². The molecular formula is C40H62N2Pd. The van der Waals surface area contributed by atoms with Gasteiger partial charge in [-0.05, 0) is 84.8 Å². The van der Waals surface area contributed by atoms with E-state index in [9.17, 15) is 5.53 Å². The number of rotatable bonds is 21. The van der Waals surface area contributed by atoms with Crippen molar-refractivity contribution in [2.45, 2.75) is 154 Å². The number of aryl methyl sites for hydroxylation is 2. The van der Waals surface area contributed by atoms with Crippen LogP contribution < -0.4 is 0 Å². The van der Waals surface area contributed by atoms with Crippen molar-refractivity contribution in [2.75, 3.05) is 0 Å². The molecule has 0 saturated carbocycles. The maximum absolute atomic E-state index is 9.51. The molecule has 0 saturated heterocycles. The van der Waals surface area contributed by atoms with Crippen molar-refractivity contribution in [1.82, 2.24) is 0 Å². The minimum atomic E-state index is 0.883. The van der Waals surface area contributed by atoms with E-state index in [0.29, 0.717) is 0 Å². The summed E-state index contributed by atoms with van der Waals surface area (Å²) in [6, 6.07) is 18.5. The molecule has 0 aromatic heterocycles. The fourth-order valence-electron chi connectivity index (χ4n) is 5.31. The zero-order valence-electron chi connectivity index (χ0n) is 28.6. The van der Waals surface area contributed by atoms with Crippen LogP contribution in [0.25, 0.3) is 11.1 Å². The van der Waals surface area contributed by atoms with E-state index in [0.717, 1.165) is 74.9 Å². The van der Waals surface area contributed by atoms with Crippen LogP contribution in [-0.4, -0.2) is 10.7 Å². The first-order valence-corrected chi connectivity index (χ1v) is 19.6. The third-order valence-electron chi connectivity index (χ3n) is 7.85. The molecule has 2 aromatic rings. The van der Waals surface area contributed by atoms with Gasteiger partial charge in [0.1, 0.15) is 0 Å². The van der Waals surface area contributed by atoms with Crippen LogP contribution in [-0.2, 0) is 30.8 Å². The summed E-state index contributed by atoms with van der Waals surface area (Å²) < 4.78 is 0. The first-order valence-electron chi connectivity index (χ1n) is 17.4. The Bertz CT molecular complexity index is 1080. The Kier molecular flexibility index (Phi) is 24.0. The van der Waals surface area contributed by atoms with Gasteiger partial charge in [-0.2, -0.15) is 0 Å². The normalized spacial score (nSPS) is 11.3. The fourth-order valence-corrected chi connectivity index (χ4v) is 6.09. The van der Waals surface area contributed by atoms with E-state index in [2.05, 4.69) is 101 Å². The van der Waals surface area contributed by atoms with Crippen molar-refractivity contribution in [1.29, 1.82) is 0 Å². The molecule has 0 fully saturated rings. The molecule has 0 spiro atoms. The molecule has 2 aromatic carbocycles. The number of unbranched alkanes of at least 4 members (excludes halogenated alkanes) is 8. The molecule has 3 heteroatoms. The third kappa shape index (κ3) is 16.6. The molecule has 2 nitrogen and oxygen atoms in total. The van der Waals surface area contributed by atoms with Crippen LogP contribution in [0.4, 0.5) is 0 Å². The van der Waals surface area contributed by atoms with Crippen molar-refractivity contribution in [3.63, 3.8) is 0 Å². The molecule has 0 N–H and O–H groups in total. The first kappa shape index (κ1) is 39.0. The third-order valence-corrected chi connectivity index (χ3v) is 9.41. The molecule has 0 aliphatic rings. The van der Waals surface area contributed by atoms with Gasteiger partial charge in [-0.1, -0.05) is 128 Å². The molecule has 0 atom stereocenters. The number of allylic oxidation sites excluding steroid dienone is 2. The Hall–Kier alpha value is -2.00. The summed E-state index contributed by atoms with van der Waals surface area (Å²) in [6.45, 7) is 13.4. The summed E-state index contributed by atoms with van der Waals surface area (Å²) in [6.07, 6.45) is 18.9. The number of nitrogens with zero attached hydrogens (tertiary/aromatic N) is 2. The summed E-state index contributed by atoms with van der Waals surface area (Å²) >= 11 is 1.04. The predicted molar refractivity (Wildman–Crippen MR) is 187 cm³/mol. The van der Waals surface area contributed by atoms with Gasteiger partial charge in [0.2, 0.25) is 0 Å². The van der Waals surface area contributed by atoms with Gasteiger partial charge in [0.05, 0.1) is 5.57 Å². The standard InChI is InChI=1S/C36H52N2.2C2H5.Pd/c1-5-9-13-14-15-16-18-31-23-27-33(28-24-31)36(32-25-21-30(22-26-32)17-10-6-2)35(20-12-8-4)34(29-38-37)19-11-7-3;2*1-2;/h21-28H,5-20H2,1-4H3;2*1H2,2H3;. The van der Waals surface area contributed by atoms with Crippen molar-refractivity contribution in [3.8, 4) is 0 Å². The van der Waals surface area contributed by atoms with Gasteiger partial charge in [-0.15, -0.1) is 4.79 Å². The summed E-state index contributed by atoms with van der Waals surface area (Å²) in [5.41, 5.74) is 18.4. The van der Waals surface area contributed by atoms with Gasteiger partial charge >= 0.3 is 47.5 Å². The van der Waals surface area contributed by atoms with Crippen molar-refractivity contribution >= 4 is 11.4 Å². The monoisotopic (exact) mass is 676 g/mol. The summed E-state index contributed by atoms with van der Waals surface area (Å²) in [5, 5.41) is 0. The van der Waals surface area contributed by atoms with Crippen LogP contribution in [0.2, 0.25) is 9.79 Å². The summed E-state index contributed by atoms with van der Waals surface area (Å²) in [4.78, 5) is 6.18. The second kappa shape index (κ2) is 26.4. The van der Waals surface area contributed by atoms with Crippen LogP contribution in [0, 0.1) is 0 Å². The number of hydrogen-bond acceptors (Lipinski definition) is 0. The molecule has 0 aliphatic heterocycles. The van der Waals surface area contributed by atoms with Crippen molar-refractivity contribution < 1.29 is 22.8 Å². The Morgan fingerprint density at radius 3 is 1.51 bits per heavy atom. The molecule has 0 aliphatic carbocycles. The Labute approximate surface area is 274 Å². The Balaban J connectivity index is 0.00000170. The first-order chi connectivity index (χ1) is 21.1. The Morgan fingerprint density at radius 2 is 1.05 bits per heavy atom. The molecule has 43 heavy (non-hydrogen) atoms. The van der Waals surface area contributed by atoms with Crippen LogP contribution in [0.3, 0.4) is 0 Å². The second-order valence-corrected chi connectivity index (χ2v) is 14.3. The molecule has 2 rings (SSSR count). The predicted octanol–water partition coefficient (Wildman–Crippen LogP) is 12.9. The van der Waals surface area contributed by atoms with Gasteiger partial charge in [-0.25, -0.2) is 0 Å². The van der Waals surface area contributed by atoms with Gasteiger partial charge < -0.3 is 5.53 Å². The van der Waals surface area contributed by atoms with E-state index >= 15 is 0 Å². The summed E-state index contributed by atoms with van der Waals surface area (Å²) in [5.74, 6) is 2.99. The molecule has 0 amide bonds. The quantitative estimate of drug-likeness (QED) is 0.0315. The maximum atomic E-state index is 9.51. The number of benzene rings is 2. The van der Waals surface area contributed by atoms with Crippen LogP contribution in [0.5, 0.6) is 0 Å². The topological polar surface area (TPSA) is 36.4 Å². The van der Waals surface area contributed by atoms with E-state index in [1.54, 1.807) is 0 Å². The molecule has 242 valence electrons. The van der Waals surface area contributed by atoms with E-state index in [-0.39, 0.29) is 0 Å². The SMILES string of the molecule is CCCCCCCCc1ccc(C(=C(CCCC)C(=C=[N+]=[N-])CCCC)c2ccc(CCCC)cc2)cc1.C[CH2][Pd][CH2]C. The molecular weight excluding hydrogens is 615 g/mol. The summed E-state index contributed by atoms with van der Waals surface area (Å²) in [7, 11) is 0. The average molecular weight is 677 g/mol. The van der Waals surface area contributed by atoms with Crippen molar-refractivity contribution in [2.24, 2.45) is 0 Å². The Morgan fingerprint density at radius 1 is 0.581 bits per heavy atom. The minimum absolute atomic E-state index is 0.883. The van der Waals surface area contributed by atoms with Gasteiger partial charge in [0, 0.05) is 0 Å². The van der Waals surface area contributed by atoms with E-state index in [4.69, 9.17) is 0 Å². The molecule has 0 unspecified atom stereocenters. The van der Waals surface area contributed by atoms with E-state index in [1.807, 2.05) is 0 Å². The van der Waals surface area contributed by atoms with Gasteiger partial charge in [0.25, 0.3) is 0 Å².